The Morgan fingerprint density at radius 1 is 0.821 bits per heavy atom. The first-order valence-electron chi connectivity index (χ1n) is 9.41. The van der Waals surface area contributed by atoms with Crippen LogP contribution in [0.4, 0.5) is 4.79 Å². The molecule has 7 heteroatoms. The molecule has 2 aliphatic heterocycles. The molecule has 0 bridgehead atoms. The van der Waals surface area contributed by atoms with E-state index in [-0.39, 0.29) is 31.7 Å². The van der Waals surface area contributed by atoms with Crippen LogP contribution in [0.5, 0.6) is 23.0 Å². The molecule has 2 aliphatic rings. The van der Waals surface area contributed by atoms with Gasteiger partial charge in [0.2, 0.25) is 13.6 Å². The van der Waals surface area contributed by atoms with Gasteiger partial charge in [-0.2, -0.15) is 0 Å². The maximum absolute atomic E-state index is 12.3. The fourth-order valence-corrected chi connectivity index (χ4v) is 3.37. The third-order valence-electron chi connectivity index (χ3n) is 4.59. The first-order chi connectivity index (χ1) is 13.6. The van der Waals surface area contributed by atoms with E-state index in [1.54, 1.807) is 0 Å². The second kappa shape index (κ2) is 7.88. The van der Waals surface area contributed by atoms with Crippen LogP contribution < -0.4 is 29.6 Å². The number of fused-ring (bicyclic) bond motifs is 2. The number of hydrogen-bond donors (Lipinski definition) is 2. The van der Waals surface area contributed by atoms with Crippen LogP contribution >= 0.6 is 0 Å². The van der Waals surface area contributed by atoms with Crippen LogP contribution in [0.15, 0.2) is 36.4 Å². The number of rotatable bonds is 6. The van der Waals surface area contributed by atoms with Crippen LogP contribution in [0.2, 0.25) is 0 Å². The predicted octanol–water partition coefficient (Wildman–Crippen LogP) is 3.01. The van der Waals surface area contributed by atoms with E-state index in [0.29, 0.717) is 12.8 Å². The lowest BCUT2D eigenvalue weighted by atomic mass is 9.98. The van der Waals surface area contributed by atoms with Gasteiger partial charge in [-0.05, 0) is 62.1 Å². The number of carbonyl (C=O) groups excluding carboxylic acids is 1. The van der Waals surface area contributed by atoms with Gasteiger partial charge in [0.05, 0.1) is 0 Å². The Morgan fingerprint density at radius 3 is 1.82 bits per heavy atom. The number of amides is 2. The summed E-state index contributed by atoms with van der Waals surface area (Å²) in [7, 11) is 0. The van der Waals surface area contributed by atoms with E-state index >= 15 is 0 Å². The molecule has 2 amide bonds. The second-order valence-corrected chi connectivity index (χ2v) is 7.25. The van der Waals surface area contributed by atoms with Crippen LogP contribution in [-0.2, 0) is 12.8 Å². The van der Waals surface area contributed by atoms with E-state index in [4.69, 9.17) is 18.9 Å². The molecular formula is C21H24N2O5. The molecule has 0 radical (unpaired) electrons. The number of nitrogens with one attached hydrogen (secondary N) is 2. The molecule has 7 nitrogen and oxygen atoms in total. The predicted molar refractivity (Wildman–Crippen MR) is 103 cm³/mol. The van der Waals surface area contributed by atoms with Gasteiger partial charge in [0, 0.05) is 12.1 Å². The third-order valence-corrected chi connectivity index (χ3v) is 4.59. The molecule has 0 fully saturated rings. The first-order valence-corrected chi connectivity index (χ1v) is 9.41. The van der Waals surface area contributed by atoms with E-state index in [2.05, 4.69) is 10.6 Å². The van der Waals surface area contributed by atoms with Gasteiger partial charge in [-0.25, -0.2) is 4.79 Å². The van der Waals surface area contributed by atoms with Crippen molar-refractivity contribution in [2.75, 3.05) is 13.6 Å². The summed E-state index contributed by atoms with van der Waals surface area (Å²) in [5, 5.41) is 5.98. The largest absolute Gasteiger partial charge is 0.454 e. The van der Waals surface area contributed by atoms with Crippen LogP contribution in [0.25, 0.3) is 0 Å². The molecule has 0 aromatic heterocycles. The standard InChI is InChI=1S/C21H24N2O5/c1-13(2)22-21(24)23-16(7-14-3-5-17-19(9-14)27-11-25-17)8-15-4-6-18-20(10-15)28-12-26-18/h3-6,9-10,13,16H,7-8,11-12H2,1-2H3,(H2,22,23,24). The van der Waals surface area contributed by atoms with E-state index in [1.165, 1.54) is 0 Å². The van der Waals surface area contributed by atoms with Crippen molar-refractivity contribution in [1.82, 2.24) is 10.6 Å². The lowest BCUT2D eigenvalue weighted by Crippen LogP contribution is -2.46. The van der Waals surface area contributed by atoms with E-state index in [1.807, 2.05) is 50.2 Å². The Labute approximate surface area is 163 Å². The molecular weight excluding hydrogens is 360 g/mol. The van der Waals surface area contributed by atoms with Crippen molar-refractivity contribution in [3.05, 3.63) is 47.5 Å². The maximum atomic E-state index is 12.3. The summed E-state index contributed by atoms with van der Waals surface area (Å²) in [6.45, 7) is 4.36. The molecule has 2 aromatic rings. The highest BCUT2D eigenvalue weighted by Crippen LogP contribution is 2.34. The van der Waals surface area contributed by atoms with Crippen molar-refractivity contribution < 1.29 is 23.7 Å². The van der Waals surface area contributed by atoms with Gasteiger partial charge < -0.3 is 29.6 Å². The summed E-state index contributed by atoms with van der Waals surface area (Å²) in [4.78, 5) is 12.3. The average molecular weight is 384 g/mol. The van der Waals surface area contributed by atoms with Crippen molar-refractivity contribution in [2.24, 2.45) is 0 Å². The smallest absolute Gasteiger partial charge is 0.315 e. The molecule has 148 valence electrons. The number of benzene rings is 2. The molecule has 0 aliphatic carbocycles. The van der Waals surface area contributed by atoms with Gasteiger partial charge in [-0.15, -0.1) is 0 Å². The van der Waals surface area contributed by atoms with E-state index in [0.717, 1.165) is 34.1 Å². The summed E-state index contributed by atoms with van der Waals surface area (Å²) < 4.78 is 21.7. The molecule has 4 rings (SSSR count). The second-order valence-electron chi connectivity index (χ2n) is 7.25. The molecule has 0 unspecified atom stereocenters. The minimum atomic E-state index is -0.179. The normalized spacial score (nSPS) is 13.9. The molecule has 2 N–H and O–H groups in total. The number of hydrogen-bond acceptors (Lipinski definition) is 5. The fourth-order valence-electron chi connectivity index (χ4n) is 3.37. The lowest BCUT2D eigenvalue weighted by molar-refractivity contribution is 0.173. The Kier molecular flexibility index (Phi) is 5.14. The van der Waals surface area contributed by atoms with Gasteiger partial charge in [-0.3, -0.25) is 0 Å². The summed E-state index contributed by atoms with van der Waals surface area (Å²) >= 11 is 0. The summed E-state index contributed by atoms with van der Waals surface area (Å²) in [5.74, 6) is 2.99. The highest BCUT2D eigenvalue weighted by Gasteiger charge is 2.20. The molecule has 0 spiro atoms. The topological polar surface area (TPSA) is 78.1 Å². The molecule has 28 heavy (non-hydrogen) atoms. The van der Waals surface area contributed by atoms with Crippen LogP contribution in [0, 0.1) is 0 Å². The monoisotopic (exact) mass is 384 g/mol. The number of urea groups is 1. The SMILES string of the molecule is CC(C)NC(=O)NC(Cc1ccc2c(c1)OCO2)Cc1ccc2c(c1)OCO2. The van der Waals surface area contributed by atoms with Gasteiger partial charge in [-0.1, -0.05) is 12.1 Å². The van der Waals surface area contributed by atoms with Crippen molar-refractivity contribution in [1.29, 1.82) is 0 Å². The van der Waals surface area contributed by atoms with Crippen molar-refractivity contribution in [3.63, 3.8) is 0 Å². The zero-order valence-electron chi connectivity index (χ0n) is 16.0. The highest BCUT2D eigenvalue weighted by molar-refractivity contribution is 5.74. The van der Waals surface area contributed by atoms with Gasteiger partial charge in [0.25, 0.3) is 0 Å². The van der Waals surface area contributed by atoms with Crippen LogP contribution in [0.1, 0.15) is 25.0 Å². The number of ether oxygens (including phenoxy) is 4. The third kappa shape index (κ3) is 4.24. The molecule has 2 heterocycles. The highest BCUT2D eigenvalue weighted by atomic mass is 16.7. The zero-order valence-corrected chi connectivity index (χ0v) is 16.0. The zero-order chi connectivity index (χ0) is 19.5. The Morgan fingerprint density at radius 2 is 1.32 bits per heavy atom. The fraction of sp³-hybridized carbons (Fsp3) is 0.381. The first kappa shape index (κ1) is 18.3. The van der Waals surface area contributed by atoms with Crippen molar-refractivity contribution in [3.8, 4) is 23.0 Å². The quantitative estimate of drug-likeness (QED) is 0.801. The van der Waals surface area contributed by atoms with Crippen molar-refractivity contribution in [2.45, 2.75) is 38.8 Å². The summed E-state index contributed by atoms with van der Waals surface area (Å²) in [5.41, 5.74) is 2.14. The molecule has 0 atom stereocenters. The van der Waals surface area contributed by atoms with Crippen LogP contribution in [-0.4, -0.2) is 31.7 Å². The Hall–Kier alpha value is -3.09. The van der Waals surface area contributed by atoms with Crippen LogP contribution in [0.3, 0.4) is 0 Å². The van der Waals surface area contributed by atoms with E-state index < -0.39 is 0 Å². The Balaban J connectivity index is 1.50. The summed E-state index contributed by atoms with van der Waals surface area (Å²) in [6.07, 6.45) is 1.33. The van der Waals surface area contributed by atoms with E-state index in [9.17, 15) is 4.79 Å². The average Bonchev–Trinajstić information content (AvgIpc) is 3.28. The van der Waals surface area contributed by atoms with Gasteiger partial charge >= 0.3 is 6.03 Å². The van der Waals surface area contributed by atoms with Gasteiger partial charge in [0.1, 0.15) is 0 Å². The maximum Gasteiger partial charge on any atom is 0.315 e. The lowest BCUT2D eigenvalue weighted by Gasteiger charge is -2.21. The summed E-state index contributed by atoms with van der Waals surface area (Å²) in [6, 6.07) is 11.5. The minimum absolute atomic E-state index is 0.0664. The molecule has 0 saturated heterocycles. The number of carbonyl (C=O) groups is 1. The minimum Gasteiger partial charge on any atom is -0.454 e. The molecule has 2 aromatic carbocycles. The van der Waals surface area contributed by atoms with Crippen molar-refractivity contribution >= 4 is 6.03 Å². The van der Waals surface area contributed by atoms with Gasteiger partial charge in [0.15, 0.2) is 23.0 Å². The Bertz CT molecular complexity index is 808. The molecule has 0 saturated carbocycles.